The van der Waals surface area contributed by atoms with E-state index in [4.69, 9.17) is 0 Å². The summed E-state index contributed by atoms with van der Waals surface area (Å²) in [5, 5.41) is 41.5. The van der Waals surface area contributed by atoms with Crippen molar-refractivity contribution in [2.45, 2.75) is 0 Å². The van der Waals surface area contributed by atoms with E-state index in [9.17, 15) is 0 Å². The summed E-state index contributed by atoms with van der Waals surface area (Å²) >= 11 is 0. The van der Waals surface area contributed by atoms with Crippen LogP contribution in [0.2, 0.25) is 0 Å². The molecule has 28 rings (SSSR count). The van der Waals surface area contributed by atoms with Gasteiger partial charge in [-0.2, -0.15) is 33.9 Å². The van der Waals surface area contributed by atoms with Crippen LogP contribution < -0.4 is 25.0 Å². The molecule has 0 unspecified atom stereocenters. The van der Waals surface area contributed by atoms with Gasteiger partial charge in [0, 0.05) is 321 Å². The molecule has 0 aliphatic rings. The second-order valence-electron chi connectivity index (χ2n) is 26.6. The molecule has 707 valence electrons. The van der Waals surface area contributed by atoms with Crippen LogP contribution in [0.4, 0.5) is 0 Å². The van der Waals surface area contributed by atoms with Crippen molar-refractivity contribution in [2.75, 3.05) is 0 Å². The number of imidazole rings is 2. The van der Waals surface area contributed by atoms with Crippen molar-refractivity contribution >= 4 is 109 Å². The van der Waals surface area contributed by atoms with E-state index >= 15 is 0 Å². The van der Waals surface area contributed by atoms with Gasteiger partial charge in [-0.25, -0.2) is 34.9 Å². The molecule has 0 aliphatic heterocycles. The topological polar surface area (TPSA) is 458 Å². The maximum absolute atomic E-state index is 4.52. The number of fused-ring (bicyclic) bond motifs is 13. The summed E-state index contributed by atoms with van der Waals surface area (Å²) in [6.07, 6.45) is 61.4. The molecule has 20 heterocycles. The number of pyridine rings is 7. The van der Waals surface area contributed by atoms with Gasteiger partial charge in [-0.3, -0.25) is 54.8 Å². The molecule has 0 saturated carbocycles. The van der Waals surface area contributed by atoms with Crippen molar-refractivity contribution in [3.8, 4) is 0 Å². The van der Waals surface area contributed by atoms with Gasteiger partial charge in [-0.05, 0) is 130 Å². The fourth-order valence-corrected chi connectivity index (χ4v) is 11.3. The number of rotatable bonds is 0. The molecule has 0 amide bonds. The molecule has 20 aromatic heterocycles. The molecule has 0 spiro atoms. The first kappa shape index (κ1) is 119. The van der Waals surface area contributed by atoms with E-state index < -0.39 is 0 Å². The maximum atomic E-state index is 4.52. The van der Waals surface area contributed by atoms with Crippen molar-refractivity contribution in [1.82, 2.24) is 166 Å². The molecule has 0 N–H and O–H groups in total. The van der Waals surface area contributed by atoms with Crippen molar-refractivity contribution in [1.29, 1.82) is 0 Å². The van der Waals surface area contributed by atoms with Gasteiger partial charge in [0.25, 0.3) is 0 Å². The average Bonchev–Trinajstić information content (AvgIpc) is 1.24. The number of nitrogens with zero attached hydrogens (tertiary/aromatic N) is 33. The summed E-state index contributed by atoms with van der Waals surface area (Å²) < 4.78 is 8.58. The molecular formula is C106H86N33O2Y5-5. The Morgan fingerprint density at radius 2 is 0.678 bits per heavy atom. The largest absolute Gasteiger partial charge is 0.670 e. The Morgan fingerprint density at radius 3 is 1.09 bits per heavy atom. The minimum Gasteiger partial charge on any atom is -0.670 e. The smallest absolute Gasteiger partial charge is 0.213 e. The minimum absolute atomic E-state index is 0. The number of para-hydroxylation sites is 7. The quantitative estimate of drug-likeness (QED) is 0.127. The van der Waals surface area contributed by atoms with Crippen LogP contribution in [0.5, 0.6) is 0 Å². The van der Waals surface area contributed by atoms with Gasteiger partial charge in [0.05, 0.1) is 44.8 Å². The van der Waals surface area contributed by atoms with Crippen LogP contribution in [0.25, 0.3) is 109 Å². The maximum Gasteiger partial charge on any atom is 0.213 e. The zero-order chi connectivity index (χ0) is 97.1. The third-order valence-corrected chi connectivity index (χ3v) is 17.3. The molecule has 35 nitrogen and oxygen atoms in total. The summed E-state index contributed by atoms with van der Waals surface area (Å²) in [6.45, 7) is 0. The number of hydrogen-bond acceptors (Lipinski definition) is 30. The van der Waals surface area contributed by atoms with Crippen LogP contribution in [0, 0.1) is 0 Å². The van der Waals surface area contributed by atoms with Gasteiger partial charge >= 0.3 is 0 Å². The Hall–Kier alpha value is -15.3. The van der Waals surface area contributed by atoms with Gasteiger partial charge in [0.15, 0.2) is 6.33 Å². The predicted octanol–water partition coefficient (Wildman–Crippen LogP) is 18.9. The predicted molar refractivity (Wildman–Crippen MR) is 540 cm³/mol. The molecule has 0 atom stereocenters. The summed E-state index contributed by atoms with van der Waals surface area (Å²) in [6, 6.07) is 95.3. The van der Waals surface area contributed by atoms with Crippen molar-refractivity contribution in [2.24, 2.45) is 0 Å². The van der Waals surface area contributed by atoms with E-state index in [-0.39, 0.29) is 164 Å². The molecular weight excluding hydrogens is 2210 g/mol. The second-order valence-corrected chi connectivity index (χ2v) is 26.6. The van der Waals surface area contributed by atoms with Crippen LogP contribution in [0.1, 0.15) is 0 Å². The van der Waals surface area contributed by atoms with E-state index in [1.807, 2.05) is 201 Å². The zero-order valence-corrected chi connectivity index (χ0v) is 92.3. The molecule has 5 radical (unpaired) electrons. The first-order chi connectivity index (χ1) is 70.2. The third kappa shape index (κ3) is 48.2. The molecule has 8 aromatic carbocycles. The molecule has 40 heteroatoms. The second kappa shape index (κ2) is 78.3. The van der Waals surface area contributed by atoms with Crippen molar-refractivity contribution in [3.05, 3.63) is 528 Å². The number of hydrogen-bond donors (Lipinski definition) is 0. The van der Waals surface area contributed by atoms with Gasteiger partial charge in [-0.15, -0.1) is 26.3 Å². The molecule has 0 bridgehead atoms. The van der Waals surface area contributed by atoms with Gasteiger partial charge < -0.3 is 49.0 Å². The summed E-state index contributed by atoms with van der Waals surface area (Å²) in [5.74, 6) is 0. The fraction of sp³-hybridized carbons (Fsp3) is 0. The average molecular weight is 2300 g/mol. The van der Waals surface area contributed by atoms with Gasteiger partial charge in [0.1, 0.15) is 31.6 Å². The van der Waals surface area contributed by atoms with Gasteiger partial charge in [-0.1, -0.05) is 224 Å². The third-order valence-electron chi connectivity index (χ3n) is 17.3. The minimum atomic E-state index is 0. The molecule has 0 fully saturated rings. The molecule has 0 saturated heterocycles. The Bertz CT molecular complexity index is 6520. The first-order valence-electron chi connectivity index (χ1n) is 42.6. The van der Waals surface area contributed by atoms with Crippen molar-refractivity contribution < 1.29 is 172 Å². The number of aromatic nitrogens is 33. The van der Waals surface area contributed by atoms with Crippen LogP contribution in [-0.2, 0) is 164 Å². The van der Waals surface area contributed by atoms with E-state index in [1.54, 1.807) is 155 Å². The van der Waals surface area contributed by atoms with Crippen LogP contribution in [-0.4, -0.2) is 141 Å². The monoisotopic (exact) mass is 2300 g/mol. The Labute approximate surface area is 964 Å². The normalized spacial score (nSPS) is 9.10. The van der Waals surface area contributed by atoms with E-state index in [1.165, 1.54) is 96.6 Å². The zero-order valence-electron chi connectivity index (χ0n) is 78.1. The molecule has 28 aromatic rings. The van der Waals surface area contributed by atoms with Crippen LogP contribution >= 0.6 is 0 Å². The number of benzene rings is 8. The van der Waals surface area contributed by atoms with Gasteiger partial charge in [0.2, 0.25) is 19.2 Å². The fourth-order valence-electron chi connectivity index (χ4n) is 11.3. The van der Waals surface area contributed by atoms with E-state index in [0.29, 0.717) is 0 Å². The Balaban J connectivity index is 0.000000238. The Kier molecular flexibility index (Phi) is 64.0. The SMILES string of the molecule is [Y].[Y].[Y].[Y].[Y].c1c[n-]cn1.c1cc[n-]c1.c1ccc2[n-]cnc2c1.c1ccc2c(c1)[n-]c1ccccc12.c1ccc2cnccc2c1.c1ccc2ncccc2c1.c1ccc2nccnc2c1.c1ccncc1.c1ccnnc1.c1cn[n-]c1.c1cnc2c(c1)ccc1cccnc12.c1cnc2c(c1)ccc1ncccc12.c1cnccn1.c1cncnc1.c1cnncn1.c1ncncn1.c1ncon1.c1nnco1. The summed E-state index contributed by atoms with van der Waals surface area (Å²) in [7, 11) is 0. The summed E-state index contributed by atoms with van der Waals surface area (Å²) in [5.41, 5.74) is 11.1. The van der Waals surface area contributed by atoms with Crippen molar-refractivity contribution in [3.63, 3.8) is 0 Å². The molecule has 0 aliphatic carbocycles. The van der Waals surface area contributed by atoms with E-state index in [2.05, 4.69) is 278 Å². The van der Waals surface area contributed by atoms with E-state index in [0.717, 1.165) is 82.2 Å². The van der Waals surface area contributed by atoms with Crippen LogP contribution in [0.15, 0.2) is 537 Å². The first-order valence-corrected chi connectivity index (χ1v) is 42.6. The summed E-state index contributed by atoms with van der Waals surface area (Å²) in [4.78, 5) is 93.6. The standard InChI is InChI=1S/2C12H8N2.C12H8N.2C9H7N.C8H6N2.C7H5N2.C5H5N.3C4H4N2.C4H4N.2C3H3N3.2C3H3N2.2C2H2N2O.5Y/c1-3-9-5-6-11-10(4-2-7-13-11)12(9)14-8-1;1-3-9-5-6-10-4-2-8-14-12(10)11(9)13-7-1;1-3-7-11-9(5-1)10-6-2-4-8-12(10)13-11;1-2-6-9-8(4-1)5-3-7-10-9;1-2-4-9-7-10-6-5-8(9)3-1;1-2-4-8-7(3-1)9-5-6-10-8;1-2-4-7-6(3-1)8-5-9-7;1-2-4-6-5-3-1;1-2-6-4-3-5-1;1-2-5-4-6-3-1;1-2-4-6-5-3-1;1-2-4-5-3-1;1-4-2-6-3-5-1;1-2-5-6-3-4-1;1-2-5-3-4-1;1-2-4-5-3-1;1-3-4-2-5-1;1-3-2-5-4-1;;;;;/h2*1-8H;1-8H;2*1-7H;1-6H;1-5H;1-5H;3*1-4H;1-4H;2*1-3H;2*1-3H;2*1-2H;;;;;/q;;-1;;;;-1;;;;;-1;;;2*-1;;;;;;;. The Morgan fingerprint density at radius 1 is 0.205 bits per heavy atom. The molecule has 146 heavy (non-hydrogen) atoms. The van der Waals surface area contributed by atoms with Crippen LogP contribution in [0.3, 0.4) is 0 Å².